The molecule has 0 aliphatic carbocycles. The van der Waals surface area contributed by atoms with Crippen molar-refractivity contribution < 1.29 is 4.79 Å². The predicted octanol–water partition coefficient (Wildman–Crippen LogP) is 3.01. The molecule has 0 saturated heterocycles. The first-order valence-electron chi connectivity index (χ1n) is 5.28. The van der Waals surface area contributed by atoms with Crippen LogP contribution in [0.3, 0.4) is 0 Å². The van der Waals surface area contributed by atoms with Gasteiger partial charge in [-0.25, -0.2) is 4.98 Å². The van der Waals surface area contributed by atoms with E-state index in [4.69, 9.17) is 0 Å². The number of nitrogens with one attached hydrogen (secondary N) is 1. The number of aromatic nitrogens is 1. The number of pyridine rings is 1. The highest BCUT2D eigenvalue weighted by Gasteiger charge is 2.11. The Balaban J connectivity index is 2.47. The number of hydrogen-bond acceptors (Lipinski definition) is 2. The Morgan fingerprint density at radius 2 is 2.19 bits per heavy atom. The van der Waals surface area contributed by atoms with Crippen LogP contribution < -0.4 is 5.32 Å². The molecule has 88 valence electrons. The zero-order valence-electron chi connectivity index (χ0n) is 9.88. The zero-order chi connectivity index (χ0) is 12.2. The Morgan fingerprint density at radius 1 is 1.50 bits per heavy atom. The smallest absolute Gasteiger partial charge is 0.251 e. The second-order valence-electron chi connectivity index (χ2n) is 4.93. The second kappa shape index (κ2) is 5.43. The van der Waals surface area contributed by atoms with E-state index in [1.807, 2.05) is 0 Å². The summed E-state index contributed by atoms with van der Waals surface area (Å²) in [6.07, 6.45) is 2.58. The second-order valence-corrected chi connectivity index (χ2v) is 5.75. The molecule has 1 aromatic heterocycles. The summed E-state index contributed by atoms with van der Waals surface area (Å²) in [4.78, 5) is 15.7. The third kappa shape index (κ3) is 4.75. The Morgan fingerprint density at radius 3 is 2.75 bits per heavy atom. The topological polar surface area (TPSA) is 42.0 Å². The highest BCUT2D eigenvalue weighted by Crippen LogP contribution is 2.17. The minimum absolute atomic E-state index is 0.0487. The summed E-state index contributed by atoms with van der Waals surface area (Å²) >= 11 is 3.24. The van der Waals surface area contributed by atoms with Crippen LogP contribution >= 0.6 is 15.9 Å². The Hall–Kier alpha value is -0.900. The van der Waals surface area contributed by atoms with Gasteiger partial charge < -0.3 is 5.32 Å². The summed E-state index contributed by atoms with van der Waals surface area (Å²) in [7, 11) is 0. The van der Waals surface area contributed by atoms with E-state index < -0.39 is 0 Å². The van der Waals surface area contributed by atoms with E-state index in [1.54, 1.807) is 18.3 Å². The number of hydrogen-bond donors (Lipinski definition) is 1. The van der Waals surface area contributed by atoms with Gasteiger partial charge in [0.05, 0.1) is 0 Å². The first-order valence-corrected chi connectivity index (χ1v) is 6.07. The Labute approximate surface area is 105 Å². The van der Waals surface area contributed by atoms with E-state index in [0.29, 0.717) is 16.7 Å². The van der Waals surface area contributed by atoms with Gasteiger partial charge in [-0.15, -0.1) is 0 Å². The molecule has 16 heavy (non-hydrogen) atoms. The molecule has 0 bridgehead atoms. The molecule has 0 aromatic carbocycles. The van der Waals surface area contributed by atoms with Crippen molar-refractivity contribution in [3.05, 3.63) is 28.5 Å². The number of carbonyl (C=O) groups excluding carboxylic acids is 1. The average Bonchev–Trinajstić information content (AvgIpc) is 2.15. The molecule has 1 aromatic rings. The van der Waals surface area contributed by atoms with Crippen LogP contribution in [-0.4, -0.2) is 17.4 Å². The number of rotatable bonds is 3. The van der Waals surface area contributed by atoms with Gasteiger partial charge >= 0.3 is 0 Å². The van der Waals surface area contributed by atoms with E-state index in [1.165, 1.54) is 0 Å². The van der Waals surface area contributed by atoms with Crippen molar-refractivity contribution in [2.45, 2.75) is 27.2 Å². The summed E-state index contributed by atoms with van der Waals surface area (Å²) < 4.78 is 0.677. The van der Waals surface area contributed by atoms with Gasteiger partial charge in [-0.1, -0.05) is 20.8 Å². The normalized spacial score (nSPS) is 11.2. The van der Waals surface area contributed by atoms with Crippen molar-refractivity contribution in [2.24, 2.45) is 5.41 Å². The molecule has 1 rings (SSSR count). The third-order valence-electron chi connectivity index (χ3n) is 2.15. The fourth-order valence-corrected chi connectivity index (χ4v) is 1.56. The molecule has 0 saturated carbocycles. The van der Waals surface area contributed by atoms with Gasteiger partial charge in [0.2, 0.25) is 0 Å². The van der Waals surface area contributed by atoms with Crippen molar-refractivity contribution in [1.82, 2.24) is 10.3 Å². The molecule has 1 heterocycles. The number of nitrogens with zero attached hydrogens (tertiary/aromatic N) is 1. The molecular formula is C12H17BrN2O. The van der Waals surface area contributed by atoms with Crippen LogP contribution in [0.2, 0.25) is 0 Å². The van der Waals surface area contributed by atoms with Gasteiger partial charge in [0.1, 0.15) is 4.60 Å². The van der Waals surface area contributed by atoms with E-state index in [0.717, 1.165) is 6.42 Å². The molecule has 3 nitrogen and oxygen atoms in total. The van der Waals surface area contributed by atoms with Crippen molar-refractivity contribution in [1.29, 1.82) is 0 Å². The fourth-order valence-electron chi connectivity index (χ4n) is 1.20. The molecule has 0 spiro atoms. The van der Waals surface area contributed by atoms with Crippen LogP contribution in [0.25, 0.3) is 0 Å². The predicted molar refractivity (Wildman–Crippen MR) is 68.3 cm³/mol. The molecule has 0 fully saturated rings. The van der Waals surface area contributed by atoms with E-state index in [2.05, 4.69) is 47.0 Å². The average molecular weight is 285 g/mol. The lowest BCUT2D eigenvalue weighted by molar-refractivity contribution is 0.0949. The van der Waals surface area contributed by atoms with Crippen LogP contribution in [-0.2, 0) is 0 Å². The van der Waals surface area contributed by atoms with Gasteiger partial charge in [0, 0.05) is 18.3 Å². The van der Waals surface area contributed by atoms with Crippen LogP contribution in [0.4, 0.5) is 0 Å². The summed E-state index contributed by atoms with van der Waals surface area (Å²) in [5.74, 6) is -0.0487. The maximum atomic E-state index is 11.7. The lowest BCUT2D eigenvalue weighted by Crippen LogP contribution is -2.27. The summed E-state index contributed by atoms with van der Waals surface area (Å²) in [5.41, 5.74) is 0.877. The third-order valence-corrected chi connectivity index (χ3v) is 2.58. The largest absolute Gasteiger partial charge is 0.352 e. The van der Waals surface area contributed by atoms with Crippen molar-refractivity contribution in [3.63, 3.8) is 0 Å². The fraction of sp³-hybridized carbons (Fsp3) is 0.500. The van der Waals surface area contributed by atoms with Gasteiger partial charge in [0.15, 0.2) is 0 Å². The maximum absolute atomic E-state index is 11.7. The monoisotopic (exact) mass is 284 g/mol. The summed E-state index contributed by atoms with van der Waals surface area (Å²) in [6.45, 7) is 7.16. The molecule has 1 N–H and O–H groups in total. The van der Waals surface area contributed by atoms with Crippen LogP contribution in [0.15, 0.2) is 22.9 Å². The summed E-state index contributed by atoms with van der Waals surface area (Å²) in [5, 5.41) is 2.90. The number of amides is 1. The molecule has 0 aliphatic heterocycles. The minimum Gasteiger partial charge on any atom is -0.352 e. The lowest BCUT2D eigenvalue weighted by atomic mass is 9.92. The Bertz CT molecular complexity index is 372. The molecule has 1 amide bonds. The summed E-state index contributed by atoms with van der Waals surface area (Å²) in [6, 6.07) is 3.42. The van der Waals surface area contributed by atoms with Gasteiger partial charge in [-0.2, -0.15) is 0 Å². The molecular weight excluding hydrogens is 268 g/mol. The standard InChI is InChI=1S/C12H17BrN2O/c1-12(2,3)5-7-15-11(16)9-4-6-14-10(13)8-9/h4,6,8H,5,7H2,1-3H3,(H,15,16). The van der Waals surface area contributed by atoms with Crippen LogP contribution in [0.5, 0.6) is 0 Å². The van der Waals surface area contributed by atoms with Crippen molar-refractivity contribution in [2.75, 3.05) is 6.54 Å². The van der Waals surface area contributed by atoms with Crippen molar-refractivity contribution in [3.8, 4) is 0 Å². The van der Waals surface area contributed by atoms with Crippen LogP contribution in [0, 0.1) is 5.41 Å². The number of carbonyl (C=O) groups is 1. The minimum atomic E-state index is -0.0487. The zero-order valence-corrected chi connectivity index (χ0v) is 11.5. The molecule has 0 radical (unpaired) electrons. The van der Waals surface area contributed by atoms with E-state index >= 15 is 0 Å². The number of halogens is 1. The molecule has 0 atom stereocenters. The van der Waals surface area contributed by atoms with E-state index in [9.17, 15) is 4.79 Å². The van der Waals surface area contributed by atoms with Gasteiger partial charge in [0.25, 0.3) is 5.91 Å². The van der Waals surface area contributed by atoms with Gasteiger partial charge in [-0.3, -0.25) is 4.79 Å². The molecule has 0 aliphatic rings. The molecule has 0 unspecified atom stereocenters. The highest BCUT2D eigenvalue weighted by molar-refractivity contribution is 9.10. The quantitative estimate of drug-likeness (QED) is 0.867. The first kappa shape index (κ1) is 13.2. The first-order chi connectivity index (χ1) is 7.38. The Kier molecular flexibility index (Phi) is 4.47. The SMILES string of the molecule is CC(C)(C)CCNC(=O)c1ccnc(Br)c1. The maximum Gasteiger partial charge on any atom is 0.251 e. The van der Waals surface area contributed by atoms with Crippen LogP contribution in [0.1, 0.15) is 37.6 Å². The highest BCUT2D eigenvalue weighted by atomic mass is 79.9. The van der Waals surface area contributed by atoms with Crippen molar-refractivity contribution >= 4 is 21.8 Å². The molecule has 4 heteroatoms. The van der Waals surface area contributed by atoms with Gasteiger partial charge in [-0.05, 0) is 39.9 Å². The lowest BCUT2D eigenvalue weighted by Gasteiger charge is -2.17. The van der Waals surface area contributed by atoms with E-state index in [-0.39, 0.29) is 11.3 Å².